The summed E-state index contributed by atoms with van der Waals surface area (Å²) in [5.41, 5.74) is 1.83. The largest absolute Gasteiger partial charge is 0.494 e. The van der Waals surface area contributed by atoms with E-state index in [9.17, 15) is 9.59 Å². The highest BCUT2D eigenvalue weighted by molar-refractivity contribution is 6.37. The zero-order valence-electron chi connectivity index (χ0n) is 13.1. The highest BCUT2D eigenvalue weighted by Gasteiger charge is 2.15. The van der Waals surface area contributed by atoms with Gasteiger partial charge < -0.3 is 14.8 Å². The number of rotatable bonds is 5. The summed E-state index contributed by atoms with van der Waals surface area (Å²) >= 11 is 11.9. The number of anilines is 1. The molecule has 0 aliphatic carbocycles. The van der Waals surface area contributed by atoms with Crippen LogP contribution >= 0.6 is 23.2 Å². The normalized spacial score (nSPS) is 10.2. The summed E-state index contributed by atoms with van der Waals surface area (Å²) in [6.45, 7) is 1.52. The number of amides is 1. The smallest absolute Gasteiger partial charge is 0.338 e. The van der Waals surface area contributed by atoms with Crippen LogP contribution in [0.2, 0.25) is 10.0 Å². The summed E-state index contributed by atoms with van der Waals surface area (Å²) in [6.07, 6.45) is 0. The number of aryl methyl sites for hydroxylation is 1. The molecule has 24 heavy (non-hydrogen) atoms. The predicted molar refractivity (Wildman–Crippen MR) is 93.1 cm³/mol. The SMILES string of the molecule is COc1c(Cl)cc(C(=O)OCC(=O)Nc2ccc(C)cc2)cc1Cl. The Bertz CT molecular complexity index is 737. The number of halogens is 2. The first-order valence-electron chi connectivity index (χ1n) is 6.97. The molecule has 5 nitrogen and oxygen atoms in total. The van der Waals surface area contributed by atoms with E-state index in [1.165, 1.54) is 19.2 Å². The van der Waals surface area contributed by atoms with Crippen molar-refractivity contribution in [2.24, 2.45) is 0 Å². The summed E-state index contributed by atoms with van der Waals surface area (Å²) in [6, 6.07) is 9.99. The standard InChI is InChI=1S/C17H15Cl2NO4/c1-10-3-5-12(6-4-10)20-15(21)9-24-17(22)11-7-13(18)16(23-2)14(19)8-11/h3-8H,9H2,1-2H3,(H,20,21). The molecule has 126 valence electrons. The molecule has 0 heterocycles. The Labute approximate surface area is 149 Å². The maximum Gasteiger partial charge on any atom is 0.338 e. The van der Waals surface area contributed by atoms with Gasteiger partial charge in [0.25, 0.3) is 5.91 Å². The van der Waals surface area contributed by atoms with Crippen molar-refractivity contribution in [3.05, 3.63) is 57.6 Å². The van der Waals surface area contributed by atoms with E-state index in [1.54, 1.807) is 12.1 Å². The number of methoxy groups -OCH3 is 1. The maximum atomic E-state index is 12.0. The fourth-order valence-corrected chi connectivity index (χ4v) is 2.56. The third kappa shape index (κ3) is 4.63. The Morgan fingerprint density at radius 1 is 1.08 bits per heavy atom. The minimum absolute atomic E-state index is 0.133. The summed E-state index contributed by atoms with van der Waals surface area (Å²) in [5, 5.41) is 2.99. The lowest BCUT2D eigenvalue weighted by Gasteiger charge is -2.09. The molecule has 2 aromatic carbocycles. The molecule has 0 unspecified atom stereocenters. The Kier molecular flexibility index (Phi) is 6.06. The van der Waals surface area contributed by atoms with Gasteiger partial charge in [0.05, 0.1) is 22.7 Å². The van der Waals surface area contributed by atoms with E-state index in [4.69, 9.17) is 32.7 Å². The van der Waals surface area contributed by atoms with Gasteiger partial charge in [0.1, 0.15) is 0 Å². The van der Waals surface area contributed by atoms with Gasteiger partial charge >= 0.3 is 5.97 Å². The van der Waals surface area contributed by atoms with Gasteiger partial charge in [-0.05, 0) is 31.2 Å². The second kappa shape index (κ2) is 8.04. The average Bonchev–Trinajstić information content (AvgIpc) is 2.54. The first kappa shape index (κ1) is 18.1. The number of esters is 1. The molecule has 2 rings (SSSR count). The number of nitrogens with one attached hydrogen (secondary N) is 1. The van der Waals surface area contributed by atoms with Crippen molar-refractivity contribution in [2.45, 2.75) is 6.92 Å². The van der Waals surface area contributed by atoms with E-state index in [0.29, 0.717) is 5.69 Å². The highest BCUT2D eigenvalue weighted by Crippen LogP contribution is 2.33. The highest BCUT2D eigenvalue weighted by atomic mass is 35.5. The molecule has 7 heteroatoms. The molecule has 0 saturated heterocycles. The van der Waals surface area contributed by atoms with Crippen LogP contribution in [0.3, 0.4) is 0 Å². The van der Waals surface area contributed by atoms with E-state index in [0.717, 1.165) is 5.56 Å². The molecule has 1 N–H and O–H groups in total. The van der Waals surface area contributed by atoms with E-state index in [1.807, 2.05) is 19.1 Å². The molecule has 1 amide bonds. The van der Waals surface area contributed by atoms with Gasteiger partial charge in [0.15, 0.2) is 12.4 Å². The van der Waals surface area contributed by atoms with Gasteiger partial charge in [-0.1, -0.05) is 40.9 Å². The van der Waals surface area contributed by atoms with Crippen LogP contribution in [0.1, 0.15) is 15.9 Å². The van der Waals surface area contributed by atoms with Crippen molar-refractivity contribution >= 4 is 40.8 Å². The zero-order chi connectivity index (χ0) is 17.7. The predicted octanol–water partition coefficient (Wildman–Crippen LogP) is 4.11. The van der Waals surface area contributed by atoms with Gasteiger partial charge in [0.2, 0.25) is 0 Å². The summed E-state index contributed by atoms with van der Waals surface area (Å²) < 4.78 is 9.96. The molecule has 0 spiro atoms. The second-order valence-corrected chi connectivity index (χ2v) is 5.78. The lowest BCUT2D eigenvalue weighted by Crippen LogP contribution is -2.21. The molecule has 0 aliphatic rings. The molecular weight excluding hydrogens is 353 g/mol. The Morgan fingerprint density at radius 3 is 2.21 bits per heavy atom. The van der Waals surface area contributed by atoms with Crippen LogP contribution in [0.4, 0.5) is 5.69 Å². The van der Waals surface area contributed by atoms with Crippen LogP contribution in [-0.4, -0.2) is 25.6 Å². The molecule has 2 aromatic rings. The monoisotopic (exact) mass is 367 g/mol. The van der Waals surface area contributed by atoms with E-state index in [2.05, 4.69) is 5.32 Å². The van der Waals surface area contributed by atoms with Crippen molar-refractivity contribution in [1.82, 2.24) is 0 Å². The lowest BCUT2D eigenvalue weighted by molar-refractivity contribution is -0.119. The minimum Gasteiger partial charge on any atom is -0.494 e. The van der Waals surface area contributed by atoms with Crippen LogP contribution in [0.25, 0.3) is 0 Å². The number of carbonyl (C=O) groups excluding carboxylic acids is 2. The molecule has 0 radical (unpaired) electrons. The summed E-state index contributed by atoms with van der Waals surface area (Å²) in [4.78, 5) is 23.8. The lowest BCUT2D eigenvalue weighted by atomic mass is 10.2. The van der Waals surface area contributed by atoms with Crippen molar-refractivity contribution in [1.29, 1.82) is 0 Å². The van der Waals surface area contributed by atoms with Crippen LogP contribution in [-0.2, 0) is 9.53 Å². The summed E-state index contributed by atoms with van der Waals surface area (Å²) in [5.74, 6) is -0.884. The third-order valence-electron chi connectivity index (χ3n) is 3.11. The molecule has 0 aromatic heterocycles. The number of ether oxygens (including phenoxy) is 2. The molecule has 0 aliphatic heterocycles. The number of carbonyl (C=O) groups is 2. The molecule has 0 fully saturated rings. The van der Waals surface area contributed by atoms with Gasteiger partial charge in [-0.15, -0.1) is 0 Å². The molecule has 0 saturated carbocycles. The van der Waals surface area contributed by atoms with Crippen LogP contribution in [0.5, 0.6) is 5.75 Å². The Morgan fingerprint density at radius 2 is 1.67 bits per heavy atom. The Balaban J connectivity index is 1.95. The minimum atomic E-state index is -0.708. The second-order valence-electron chi connectivity index (χ2n) is 4.96. The summed E-state index contributed by atoms with van der Waals surface area (Å²) in [7, 11) is 1.42. The topological polar surface area (TPSA) is 64.6 Å². The number of hydrogen-bond donors (Lipinski definition) is 1. The van der Waals surface area contributed by atoms with E-state index >= 15 is 0 Å². The van der Waals surface area contributed by atoms with Crippen molar-refractivity contribution in [3.63, 3.8) is 0 Å². The van der Waals surface area contributed by atoms with Crippen LogP contribution < -0.4 is 10.1 Å². The van der Waals surface area contributed by atoms with Gasteiger partial charge in [-0.2, -0.15) is 0 Å². The van der Waals surface area contributed by atoms with Gasteiger partial charge in [0, 0.05) is 5.69 Å². The van der Waals surface area contributed by atoms with Crippen molar-refractivity contribution in [2.75, 3.05) is 19.0 Å². The van der Waals surface area contributed by atoms with Crippen LogP contribution in [0, 0.1) is 6.92 Å². The number of benzene rings is 2. The maximum absolute atomic E-state index is 12.0. The zero-order valence-corrected chi connectivity index (χ0v) is 14.6. The fraction of sp³-hybridized carbons (Fsp3) is 0.176. The molecule has 0 atom stereocenters. The number of hydrogen-bond acceptors (Lipinski definition) is 4. The Hall–Kier alpha value is -2.24. The molecule has 0 bridgehead atoms. The van der Waals surface area contributed by atoms with E-state index < -0.39 is 18.5 Å². The first-order chi connectivity index (χ1) is 11.4. The van der Waals surface area contributed by atoms with Gasteiger partial charge in [-0.25, -0.2) is 4.79 Å². The molecular formula is C17H15Cl2NO4. The van der Waals surface area contributed by atoms with Crippen LogP contribution in [0.15, 0.2) is 36.4 Å². The average molecular weight is 368 g/mol. The van der Waals surface area contributed by atoms with E-state index in [-0.39, 0.29) is 21.4 Å². The quantitative estimate of drug-likeness (QED) is 0.807. The van der Waals surface area contributed by atoms with Crippen molar-refractivity contribution in [3.8, 4) is 5.75 Å². The van der Waals surface area contributed by atoms with Crippen molar-refractivity contribution < 1.29 is 19.1 Å². The third-order valence-corrected chi connectivity index (χ3v) is 3.67. The van der Waals surface area contributed by atoms with Gasteiger partial charge in [-0.3, -0.25) is 4.79 Å². The fourth-order valence-electron chi connectivity index (χ4n) is 1.92. The first-order valence-corrected chi connectivity index (χ1v) is 7.73.